The summed E-state index contributed by atoms with van der Waals surface area (Å²) in [6, 6.07) is 7.15. The van der Waals surface area contributed by atoms with E-state index in [1.54, 1.807) is 6.33 Å². The predicted octanol–water partition coefficient (Wildman–Crippen LogP) is 2.77. The molecule has 1 aliphatic carbocycles. The van der Waals surface area contributed by atoms with Gasteiger partial charge in [0.2, 0.25) is 0 Å². The number of anilines is 1. The lowest BCUT2D eigenvalue weighted by Crippen LogP contribution is -2.39. The molecule has 0 amide bonds. The molecular weight excluding hydrogens is 310 g/mol. The summed E-state index contributed by atoms with van der Waals surface area (Å²) in [5.41, 5.74) is 1.22. The molecule has 2 aromatic rings. The second-order valence-electron chi connectivity index (χ2n) is 6.37. The highest BCUT2D eigenvalue weighted by Gasteiger charge is 2.37. The van der Waals surface area contributed by atoms with Crippen LogP contribution in [0.5, 0.6) is 0 Å². The Morgan fingerprint density at radius 2 is 2.04 bits per heavy atom. The zero-order valence-corrected chi connectivity index (χ0v) is 13.7. The minimum absolute atomic E-state index is 0.539. The lowest BCUT2D eigenvalue weighted by molar-refractivity contribution is 0.324. The number of hydrogen-bond acceptors (Lipinski definition) is 5. The van der Waals surface area contributed by atoms with Crippen LogP contribution in [0, 0.1) is 0 Å². The minimum atomic E-state index is 0.539. The molecule has 0 N–H and O–H groups in total. The zero-order valence-electron chi connectivity index (χ0n) is 13.0. The highest BCUT2D eigenvalue weighted by atomic mass is 35.5. The van der Waals surface area contributed by atoms with Crippen LogP contribution in [0.25, 0.3) is 0 Å². The molecule has 2 aromatic heterocycles. The second-order valence-corrected chi connectivity index (χ2v) is 6.76. The van der Waals surface area contributed by atoms with Crippen LogP contribution in [-0.2, 0) is 6.54 Å². The second kappa shape index (κ2) is 6.42. The van der Waals surface area contributed by atoms with E-state index in [-0.39, 0.29) is 0 Å². The van der Waals surface area contributed by atoms with E-state index in [1.165, 1.54) is 24.8 Å². The van der Waals surface area contributed by atoms with Crippen molar-refractivity contribution < 1.29 is 0 Å². The molecule has 0 bridgehead atoms. The molecule has 1 aliphatic heterocycles. The fourth-order valence-electron chi connectivity index (χ4n) is 3.40. The minimum Gasteiger partial charge on any atom is -0.349 e. The average molecular weight is 330 g/mol. The summed E-state index contributed by atoms with van der Waals surface area (Å²) < 4.78 is 0. The van der Waals surface area contributed by atoms with E-state index in [0.717, 1.165) is 25.5 Å². The van der Waals surface area contributed by atoms with Crippen LogP contribution in [0.15, 0.2) is 36.9 Å². The van der Waals surface area contributed by atoms with Crippen molar-refractivity contribution in [3.8, 4) is 0 Å². The van der Waals surface area contributed by atoms with Crippen molar-refractivity contribution in [3.63, 3.8) is 0 Å². The van der Waals surface area contributed by atoms with E-state index in [2.05, 4.69) is 30.8 Å². The number of halogens is 1. The number of likely N-dealkylation sites (tertiary alicyclic amines) is 1. The highest BCUT2D eigenvalue weighted by Crippen LogP contribution is 2.34. The van der Waals surface area contributed by atoms with Crippen LogP contribution in [-0.4, -0.2) is 45.0 Å². The number of rotatable bonds is 5. The van der Waals surface area contributed by atoms with Gasteiger partial charge in [-0.15, -0.1) is 0 Å². The SMILES string of the molecule is Clc1ccc(CN2CCC(N(c3ccncn3)C3CC3)C2)cn1. The molecule has 3 heterocycles. The monoisotopic (exact) mass is 329 g/mol. The first-order valence-corrected chi connectivity index (χ1v) is 8.54. The van der Waals surface area contributed by atoms with Gasteiger partial charge in [0.15, 0.2) is 0 Å². The number of aromatic nitrogens is 3. The molecule has 0 aromatic carbocycles. The number of pyridine rings is 1. The van der Waals surface area contributed by atoms with Crippen molar-refractivity contribution in [1.82, 2.24) is 19.9 Å². The Morgan fingerprint density at radius 3 is 2.74 bits per heavy atom. The van der Waals surface area contributed by atoms with Crippen LogP contribution in [0.4, 0.5) is 5.82 Å². The van der Waals surface area contributed by atoms with E-state index in [1.807, 2.05) is 24.5 Å². The standard InChI is InChI=1S/C17H20ClN5/c18-16-4-1-13(9-20-16)10-22-8-6-15(11-22)23(14-2-3-14)17-5-7-19-12-21-17/h1,4-5,7,9,12,14-15H,2-3,6,8,10-11H2. The van der Waals surface area contributed by atoms with Crippen molar-refractivity contribution in [2.75, 3.05) is 18.0 Å². The summed E-state index contributed by atoms with van der Waals surface area (Å²) in [4.78, 5) is 17.7. The van der Waals surface area contributed by atoms with E-state index < -0.39 is 0 Å². The Kier molecular flexibility index (Phi) is 4.14. The topological polar surface area (TPSA) is 45.2 Å². The van der Waals surface area contributed by atoms with Crippen molar-refractivity contribution in [2.45, 2.75) is 37.9 Å². The maximum Gasteiger partial charge on any atom is 0.132 e. The van der Waals surface area contributed by atoms with Crippen molar-refractivity contribution in [1.29, 1.82) is 0 Å². The fraction of sp³-hybridized carbons (Fsp3) is 0.471. The molecule has 120 valence electrons. The molecule has 0 spiro atoms. The summed E-state index contributed by atoms with van der Waals surface area (Å²) in [5, 5.41) is 0.553. The van der Waals surface area contributed by atoms with E-state index in [4.69, 9.17) is 11.6 Å². The van der Waals surface area contributed by atoms with Gasteiger partial charge >= 0.3 is 0 Å². The van der Waals surface area contributed by atoms with Gasteiger partial charge in [-0.1, -0.05) is 17.7 Å². The molecule has 1 saturated carbocycles. The van der Waals surface area contributed by atoms with Gasteiger partial charge in [-0.3, -0.25) is 4.90 Å². The predicted molar refractivity (Wildman–Crippen MR) is 90.5 cm³/mol. The Hall–Kier alpha value is -1.72. The summed E-state index contributed by atoms with van der Waals surface area (Å²) in [7, 11) is 0. The van der Waals surface area contributed by atoms with E-state index in [0.29, 0.717) is 17.2 Å². The third-order valence-corrected chi connectivity index (χ3v) is 4.83. The Balaban J connectivity index is 1.43. The van der Waals surface area contributed by atoms with E-state index in [9.17, 15) is 0 Å². The maximum absolute atomic E-state index is 5.86. The number of nitrogens with zero attached hydrogens (tertiary/aromatic N) is 5. The van der Waals surface area contributed by atoms with Gasteiger partial charge in [0.1, 0.15) is 17.3 Å². The quantitative estimate of drug-likeness (QED) is 0.789. The number of hydrogen-bond donors (Lipinski definition) is 0. The summed E-state index contributed by atoms with van der Waals surface area (Å²) in [6.45, 7) is 3.12. The zero-order chi connectivity index (χ0) is 15.6. The summed E-state index contributed by atoms with van der Waals surface area (Å²) >= 11 is 5.86. The first-order valence-electron chi connectivity index (χ1n) is 8.17. The molecule has 2 aliphatic rings. The van der Waals surface area contributed by atoms with Gasteiger partial charge in [0, 0.05) is 44.1 Å². The van der Waals surface area contributed by atoms with Crippen molar-refractivity contribution in [3.05, 3.63) is 47.6 Å². The first kappa shape index (κ1) is 14.8. The maximum atomic E-state index is 5.86. The van der Waals surface area contributed by atoms with Gasteiger partial charge in [-0.25, -0.2) is 15.0 Å². The van der Waals surface area contributed by atoms with Crippen LogP contribution < -0.4 is 4.90 Å². The molecule has 1 saturated heterocycles. The van der Waals surface area contributed by atoms with Crippen LogP contribution in [0.1, 0.15) is 24.8 Å². The molecule has 5 nitrogen and oxygen atoms in total. The van der Waals surface area contributed by atoms with Gasteiger partial charge in [0.25, 0.3) is 0 Å². The molecule has 1 unspecified atom stereocenters. The molecule has 1 atom stereocenters. The van der Waals surface area contributed by atoms with Crippen LogP contribution >= 0.6 is 11.6 Å². The van der Waals surface area contributed by atoms with Gasteiger partial charge in [-0.2, -0.15) is 0 Å². The average Bonchev–Trinajstić information content (AvgIpc) is 3.30. The fourth-order valence-corrected chi connectivity index (χ4v) is 3.51. The Bertz CT molecular complexity index is 644. The summed E-state index contributed by atoms with van der Waals surface area (Å²) in [5.74, 6) is 1.07. The van der Waals surface area contributed by atoms with Crippen molar-refractivity contribution >= 4 is 17.4 Å². The third-order valence-electron chi connectivity index (χ3n) is 4.61. The first-order chi connectivity index (χ1) is 11.3. The molecular formula is C17H20ClN5. The third kappa shape index (κ3) is 3.46. The smallest absolute Gasteiger partial charge is 0.132 e. The van der Waals surface area contributed by atoms with Gasteiger partial charge in [0.05, 0.1) is 0 Å². The molecule has 6 heteroatoms. The molecule has 4 rings (SSSR count). The molecule has 0 radical (unpaired) electrons. The molecule has 2 fully saturated rings. The highest BCUT2D eigenvalue weighted by molar-refractivity contribution is 6.29. The largest absolute Gasteiger partial charge is 0.349 e. The summed E-state index contributed by atoms with van der Waals surface area (Å²) in [6.07, 6.45) is 9.10. The Labute approximate surface area is 141 Å². The van der Waals surface area contributed by atoms with Gasteiger partial charge in [-0.05, 0) is 37.0 Å². The van der Waals surface area contributed by atoms with Crippen molar-refractivity contribution in [2.24, 2.45) is 0 Å². The van der Waals surface area contributed by atoms with E-state index >= 15 is 0 Å². The van der Waals surface area contributed by atoms with Crippen LogP contribution in [0.3, 0.4) is 0 Å². The normalized spacial score (nSPS) is 21.5. The molecule has 23 heavy (non-hydrogen) atoms. The van der Waals surface area contributed by atoms with Crippen LogP contribution in [0.2, 0.25) is 5.15 Å². The lowest BCUT2D eigenvalue weighted by Gasteiger charge is -2.30. The lowest BCUT2D eigenvalue weighted by atomic mass is 10.2. The Morgan fingerprint density at radius 1 is 1.13 bits per heavy atom. The van der Waals surface area contributed by atoms with Gasteiger partial charge < -0.3 is 4.90 Å².